The Labute approximate surface area is 140 Å². The van der Waals surface area contributed by atoms with Gasteiger partial charge in [-0.25, -0.2) is 9.59 Å². The number of nitrogens with zero attached hydrogens (tertiary/aromatic N) is 1. The van der Waals surface area contributed by atoms with E-state index in [1.54, 1.807) is 12.1 Å². The molecule has 1 heterocycles. The standard InChI is InChI=1S/C15H19NO7S/c1-10-4-6-12(7-5-10)24(19,20)23-11-8-13(14(17)21-2)16(9-11)15(18)22-3/h4-7,11,13H,8-9H2,1-3H3. The molecule has 1 aliphatic rings. The second-order valence-electron chi connectivity index (χ2n) is 5.38. The molecular formula is C15H19NO7S. The summed E-state index contributed by atoms with van der Waals surface area (Å²) in [6.07, 6.45) is -1.60. The van der Waals surface area contributed by atoms with Crippen molar-refractivity contribution in [3.63, 3.8) is 0 Å². The minimum atomic E-state index is -4.00. The maximum Gasteiger partial charge on any atom is 0.410 e. The first kappa shape index (κ1) is 18.2. The average molecular weight is 357 g/mol. The Kier molecular flexibility index (Phi) is 5.45. The number of benzene rings is 1. The third-order valence-electron chi connectivity index (χ3n) is 3.72. The van der Waals surface area contributed by atoms with E-state index in [-0.39, 0.29) is 17.9 Å². The lowest BCUT2D eigenvalue weighted by atomic mass is 10.2. The minimum Gasteiger partial charge on any atom is -0.467 e. The zero-order valence-corrected chi connectivity index (χ0v) is 14.4. The minimum absolute atomic E-state index is 0.00681. The molecule has 0 spiro atoms. The molecule has 24 heavy (non-hydrogen) atoms. The highest BCUT2D eigenvalue weighted by Crippen LogP contribution is 2.26. The number of carbonyl (C=O) groups excluding carboxylic acids is 2. The predicted octanol–water partition coefficient (Wildman–Crippen LogP) is 1.08. The van der Waals surface area contributed by atoms with Crippen LogP contribution in [0.1, 0.15) is 12.0 Å². The van der Waals surface area contributed by atoms with Crippen LogP contribution in [0.3, 0.4) is 0 Å². The third kappa shape index (κ3) is 3.85. The number of ether oxygens (including phenoxy) is 2. The summed E-state index contributed by atoms with van der Waals surface area (Å²) in [5, 5.41) is 0. The van der Waals surface area contributed by atoms with Gasteiger partial charge in [-0.15, -0.1) is 0 Å². The molecule has 132 valence electrons. The average Bonchev–Trinajstić information content (AvgIpc) is 2.96. The van der Waals surface area contributed by atoms with Crippen LogP contribution >= 0.6 is 0 Å². The number of likely N-dealkylation sites (tertiary alicyclic amines) is 1. The van der Waals surface area contributed by atoms with Crippen molar-refractivity contribution in [2.45, 2.75) is 30.4 Å². The number of hydrogen-bond acceptors (Lipinski definition) is 7. The van der Waals surface area contributed by atoms with Gasteiger partial charge in [0.25, 0.3) is 10.1 Å². The Morgan fingerprint density at radius 2 is 1.75 bits per heavy atom. The fourth-order valence-corrected chi connectivity index (χ4v) is 3.56. The predicted molar refractivity (Wildman–Crippen MR) is 82.8 cm³/mol. The van der Waals surface area contributed by atoms with Crippen LogP contribution in [0.5, 0.6) is 0 Å². The van der Waals surface area contributed by atoms with E-state index in [1.165, 1.54) is 26.4 Å². The maximum atomic E-state index is 12.3. The van der Waals surface area contributed by atoms with Crippen LogP contribution in [-0.2, 0) is 28.6 Å². The van der Waals surface area contributed by atoms with E-state index in [4.69, 9.17) is 4.18 Å². The van der Waals surface area contributed by atoms with Gasteiger partial charge in [0.2, 0.25) is 0 Å². The van der Waals surface area contributed by atoms with Crippen molar-refractivity contribution in [1.82, 2.24) is 4.90 Å². The van der Waals surface area contributed by atoms with Gasteiger partial charge in [-0.1, -0.05) is 17.7 Å². The Balaban J connectivity index is 2.16. The first-order valence-corrected chi connectivity index (χ1v) is 8.61. The van der Waals surface area contributed by atoms with Gasteiger partial charge in [0, 0.05) is 6.42 Å². The number of aryl methyl sites for hydroxylation is 1. The number of hydrogen-bond donors (Lipinski definition) is 0. The van der Waals surface area contributed by atoms with E-state index < -0.39 is 34.3 Å². The molecule has 0 aliphatic carbocycles. The molecule has 2 atom stereocenters. The molecule has 0 saturated carbocycles. The number of carbonyl (C=O) groups is 2. The summed E-state index contributed by atoms with van der Waals surface area (Å²) in [7, 11) is -1.64. The van der Waals surface area contributed by atoms with Gasteiger partial charge in [-0.05, 0) is 19.1 Å². The second kappa shape index (κ2) is 7.18. The van der Waals surface area contributed by atoms with E-state index >= 15 is 0 Å². The summed E-state index contributed by atoms with van der Waals surface area (Å²) in [5.74, 6) is -0.653. The number of methoxy groups -OCH3 is 2. The Morgan fingerprint density at radius 1 is 1.12 bits per heavy atom. The summed E-state index contributed by atoms with van der Waals surface area (Å²) >= 11 is 0. The van der Waals surface area contributed by atoms with Gasteiger partial charge in [-0.2, -0.15) is 8.42 Å². The van der Waals surface area contributed by atoms with Crippen LogP contribution < -0.4 is 0 Å². The molecule has 1 amide bonds. The van der Waals surface area contributed by atoms with Crippen molar-refractivity contribution in [3.8, 4) is 0 Å². The molecule has 1 saturated heterocycles. The molecule has 1 aliphatic heterocycles. The normalized spacial score (nSPS) is 20.7. The summed E-state index contributed by atoms with van der Waals surface area (Å²) in [5.41, 5.74) is 0.914. The van der Waals surface area contributed by atoms with Gasteiger partial charge in [-0.3, -0.25) is 9.08 Å². The van der Waals surface area contributed by atoms with Gasteiger partial charge in [0.1, 0.15) is 6.04 Å². The maximum absolute atomic E-state index is 12.3. The van der Waals surface area contributed by atoms with E-state index in [1.807, 2.05) is 6.92 Å². The molecule has 0 radical (unpaired) electrons. The molecule has 0 N–H and O–H groups in total. The van der Waals surface area contributed by atoms with Gasteiger partial charge >= 0.3 is 12.1 Å². The first-order chi connectivity index (χ1) is 11.3. The highest BCUT2D eigenvalue weighted by Gasteiger charge is 2.43. The van der Waals surface area contributed by atoms with Crippen LogP contribution in [0.4, 0.5) is 4.79 Å². The molecule has 1 fully saturated rings. The fraction of sp³-hybridized carbons (Fsp3) is 0.467. The summed E-state index contributed by atoms with van der Waals surface area (Å²) in [6.45, 7) is 1.75. The van der Waals surface area contributed by atoms with Crippen molar-refractivity contribution in [1.29, 1.82) is 0 Å². The van der Waals surface area contributed by atoms with E-state index in [0.29, 0.717) is 0 Å². The Morgan fingerprint density at radius 3 is 2.29 bits per heavy atom. The quantitative estimate of drug-likeness (QED) is 0.587. The monoisotopic (exact) mass is 357 g/mol. The molecule has 1 aromatic carbocycles. The Bertz CT molecular complexity index is 690. The zero-order valence-electron chi connectivity index (χ0n) is 13.6. The summed E-state index contributed by atoms with van der Waals surface area (Å²) < 4.78 is 39.1. The molecule has 8 nitrogen and oxygen atoms in total. The third-order valence-corrected chi connectivity index (χ3v) is 5.09. The molecular weight excluding hydrogens is 338 g/mol. The van der Waals surface area contributed by atoms with E-state index in [2.05, 4.69) is 9.47 Å². The molecule has 0 aromatic heterocycles. The number of esters is 1. The number of amides is 1. The zero-order chi connectivity index (χ0) is 17.9. The topological polar surface area (TPSA) is 99.2 Å². The highest BCUT2D eigenvalue weighted by molar-refractivity contribution is 7.86. The van der Waals surface area contributed by atoms with Crippen molar-refractivity contribution in [2.24, 2.45) is 0 Å². The summed E-state index contributed by atoms with van der Waals surface area (Å²) in [4.78, 5) is 24.7. The largest absolute Gasteiger partial charge is 0.467 e. The molecule has 9 heteroatoms. The Hall–Kier alpha value is -2.13. The van der Waals surface area contributed by atoms with Crippen LogP contribution in [0.2, 0.25) is 0 Å². The smallest absolute Gasteiger partial charge is 0.410 e. The SMILES string of the molecule is COC(=O)C1CC(OS(=O)(=O)c2ccc(C)cc2)CN1C(=O)OC. The van der Waals surface area contributed by atoms with Crippen molar-refractivity contribution < 1.29 is 31.7 Å². The van der Waals surface area contributed by atoms with Gasteiger partial charge < -0.3 is 9.47 Å². The lowest BCUT2D eigenvalue weighted by Gasteiger charge is -2.20. The lowest BCUT2D eigenvalue weighted by molar-refractivity contribution is -0.145. The van der Waals surface area contributed by atoms with Gasteiger partial charge in [0.15, 0.2) is 0 Å². The highest BCUT2D eigenvalue weighted by atomic mass is 32.2. The fourth-order valence-electron chi connectivity index (χ4n) is 2.49. The molecule has 2 rings (SSSR count). The van der Waals surface area contributed by atoms with Crippen LogP contribution in [0, 0.1) is 6.92 Å². The molecule has 2 unspecified atom stereocenters. The molecule has 0 bridgehead atoms. The van der Waals surface area contributed by atoms with E-state index in [9.17, 15) is 18.0 Å². The van der Waals surface area contributed by atoms with Crippen LogP contribution in [0.15, 0.2) is 29.2 Å². The lowest BCUT2D eigenvalue weighted by Crippen LogP contribution is -2.41. The second-order valence-corrected chi connectivity index (χ2v) is 6.95. The first-order valence-electron chi connectivity index (χ1n) is 7.21. The number of rotatable bonds is 4. The van der Waals surface area contributed by atoms with Gasteiger partial charge in [0.05, 0.1) is 31.8 Å². The van der Waals surface area contributed by atoms with Crippen LogP contribution in [0.25, 0.3) is 0 Å². The van der Waals surface area contributed by atoms with Crippen molar-refractivity contribution in [2.75, 3.05) is 20.8 Å². The van der Waals surface area contributed by atoms with Crippen molar-refractivity contribution >= 4 is 22.2 Å². The summed E-state index contributed by atoms with van der Waals surface area (Å²) in [6, 6.07) is 5.25. The van der Waals surface area contributed by atoms with E-state index in [0.717, 1.165) is 10.5 Å². The van der Waals surface area contributed by atoms with Crippen LogP contribution in [-0.4, -0.2) is 58.3 Å². The van der Waals surface area contributed by atoms with Crippen molar-refractivity contribution in [3.05, 3.63) is 29.8 Å². The molecule has 1 aromatic rings.